The Morgan fingerprint density at radius 3 is 2.75 bits per heavy atom. The molecule has 16 heavy (non-hydrogen) atoms. The van der Waals surface area contributed by atoms with Crippen molar-refractivity contribution in [3.8, 4) is 0 Å². The van der Waals surface area contributed by atoms with Crippen molar-refractivity contribution >= 4 is 12.1 Å². The van der Waals surface area contributed by atoms with E-state index >= 15 is 0 Å². The van der Waals surface area contributed by atoms with Crippen molar-refractivity contribution in [2.75, 3.05) is 19.7 Å². The zero-order valence-corrected chi connectivity index (χ0v) is 9.24. The first-order chi connectivity index (χ1) is 7.74. The molecule has 1 aliphatic heterocycles. The van der Waals surface area contributed by atoms with Gasteiger partial charge in [-0.25, -0.2) is 4.79 Å². The van der Waals surface area contributed by atoms with Crippen molar-refractivity contribution in [3.05, 3.63) is 0 Å². The molecule has 1 atom stereocenters. The minimum atomic E-state index is -0.781. The van der Waals surface area contributed by atoms with Crippen molar-refractivity contribution in [2.24, 2.45) is 5.73 Å². The molecule has 6 nitrogen and oxygen atoms in total. The average Bonchev–Trinajstić information content (AvgIpc) is 2.70. The van der Waals surface area contributed by atoms with Crippen molar-refractivity contribution < 1.29 is 19.1 Å². The Balaban J connectivity index is 2.00. The van der Waals surface area contributed by atoms with Gasteiger partial charge in [0.2, 0.25) is 6.10 Å². The summed E-state index contributed by atoms with van der Waals surface area (Å²) < 4.78 is 9.14. The molecule has 0 radical (unpaired) electrons. The summed E-state index contributed by atoms with van der Waals surface area (Å²) in [6, 6.07) is 0. The van der Waals surface area contributed by atoms with Crippen LogP contribution in [0, 0.1) is 0 Å². The van der Waals surface area contributed by atoms with E-state index in [2.05, 4.69) is 14.8 Å². The fraction of sp³-hybridized carbons (Fsp3) is 0.800. The monoisotopic (exact) mass is 230 g/mol. The summed E-state index contributed by atoms with van der Waals surface area (Å²) in [6.45, 7) is 1.32. The van der Waals surface area contributed by atoms with E-state index in [1.807, 2.05) is 0 Å². The third-order valence-corrected chi connectivity index (χ3v) is 2.31. The first kappa shape index (κ1) is 12.8. The van der Waals surface area contributed by atoms with Crippen molar-refractivity contribution in [1.29, 1.82) is 0 Å². The molecule has 1 unspecified atom stereocenters. The second-order valence-electron chi connectivity index (χ2n) is 3.66. The number of ether oxygens (including phenoxy) is 2. The van der Waals surface area contributed by atoms with E-state index in [1.54, 1.807) is 0 Å². The van der Waals surface area contributed by atoms with Gasteiger partial charge in [-0.15, -0.1) is 0 Å². The molecule has 0 aliphatic carbocycles. The summed E-state index contributed by atoms with van der Waals surface area (Å²) in [5.41, 5.74) is 5.36. The third-order valence-electron chi connectivity index (χ3n) is 2.31. The van der Waals surface area contributed by atoms with Gasteiger partial charge in [0.25, 0.3) is 5.91 Å². The van der Waals surface area contributed by atoms with Gasteiger partial charge in [-0.1, -0.05) is 12.8 Å². The molecule has 92 valence electrons. The highest BCUT2D eigenvalue weighted by Crippen LogP contribution is 2.06. The summed E-state index contributed by atoms with van der Waals surface area (Å²) in [5.74, 6) is -0.287. The number of hydrogen-bond acceptors (Lipinski definition) is 5. The van der Waals surface area contributed by atoms with Crippen LogP contribution in [-0.2, 0) is 14.3 Å². The molecule has 0 aromatic rings. The standard InChI is InChI=1S/C10H18N2O4/c11-5-3-1-2-4-6-12-9(13)8-7-15-10(14)16-8/h8H,1-7,11H2,(H,12,13). The largest absolute Gasteiger partial charge is 0.509 e. The topological polar surface area (TPSA) is 90.6 Å². The van der Waals surface area contributed by atoms with Gasteiger partial charge >= 0.3 is 6.16 Å². The molecule has 1 heterocycles. The van der Waals surface area contributed by atoms with E-state index in [0.717, 1.165) is 25.7 Å². The molecule has 1 aliphatic rings. The lowest BCUT2D eigenvalue weighted by molar-refractivity contribution is -0.127. The number of carbonyl (C=O) groups excluding carboxylic acids is 2. The number of nitrogens with one attached hydrogen (secondary N) is 1. The summed E-state index contributed by atoms with van der Waals surface area (Å²) in [6.07, 6.45) is 2.49. The van der Waals surface area contributed by atoms with Gasteiger partial charge in [-0.05, 0) is 19.4 Å². The normalized spacial score (nSPS) is 19.1. The number of rotatable bonds is 7. The molecule has 0 aromatic heterocycles. The quantitative estimate of drug-likeness (QED) is 0.480. The first-order valence-electron chi connectivity index (χ1n) is 5.55. The number of cyclic esters (lactones) is 2. The lowest BCUT2D eigenvalue weighted by atomic mass is 10.2. The number of amides is 1. The Labute approximate surface area is 94.5 Å². The number of hydrogen-bond donors (Lipinski definition) is 2. The van der Waals surface area contributed by atoms with Crippen LogP contribution in [0.25, 0.3) is 0 Å². The van der Waals surface area contributed by atoms with Gasteiger partial charge in [0.15, 0.2) is 0 Å². The maximum Gasteiger partial charge on any atom is 0.509 e. The smallest absolute Gasteiger partial charge is 0.430 e. The molecular weight excluding hydrogens is 212 g/mol. The van der Waals surface area contributed by atoms with Gasteiger partial charge in [0.05, 0.1) is 0 Å². The molecule has 1 rings (SSSR count). The van der Waals surface area contributed by atoms with Crippen LogP contribution >= 0.6 is 0 Å². The van der Waals surface area contributed by atoms with Gasteiger partial charge in [-0.3, -0.25) is 4.79 Å². The summed E-state index contributed by atoms with van der Waals surface area (Å²) >= 11 is 0. The summed E-state index contributed by atoms with van der Waals surface area (Å²) in [7, 11) is 0. The number of carbonyl (C=O) groups is 2. The minimum absolute atomic E-state index is 0.0117. The van der Waals surface area contributed by atoms with E-state index < -0.39 is 12.3 Å². The average molecular weight is 230 g/mol. The molecule has 0 aromatic carbocycles. The van der Waals surface area contributed by atoms with Crippen LogP contribution < -0.4 is 11.1 Å². The highest BCUT2D eigenvalue weighted by atomic mass is 16.8. The van der Waals surface area contributed by atoms with Crippen molar-refractivity contribution in [1.82, 2.24) is 5.32 Å². The highest BCUT2D eigenvalue weighted by molar-refractivity contribution is 5.84. The van der Waals surface area contributed by atoms with E-state index in [4.69, 9.17) is 5.73 Å². The Hall–Kier alpha value is -1.30. The number of unbranched alkanes of at least 4 members (excludes halogenated alkanes) is 3. The van der Waals surface area contributed by atoms with Crippen LogP contribution in [0.5, 0.6) is 0 Å². The SMILES string of the molecule is NCCCCCCNC(=O)C1COC(=O)O1. The van der Waals surface area contributed by atoms with E-state index in [-0.39, 0.29) is 12.5 Å². The zero-order chi connectivity index (χ0) is 11.8. The summed E-state index contributed by atoms with van der Waals surface area (Å²) in [4.78, 5) is 22.0. The Bertz CT molecular complexity index is 245. The second-order valence-corrected chi connectivity index (χ2v) is 3.66. The van der Waals surface area contributed by atoms with Crippen molar-refractivity contribution in [3.63, 3.8) is 0 Å². The second kappa shape index (κ2) is 7.05. The molecule has 6 heteroatoms. The first-order valence-corrected chi connectivity index (χ1v) is 5.55. The zero-order valence-electron chi connectivity index (χ0n) is 9.24. The fourth-order valence-corrected chi connectivity index (χ4v) is 1.41. The van der Waals surface area contributed by atoms with Crippen LogP contribution in [0.2, 0.25) is 0 Å². The van der Waals surface area contributed by atoms with Crippen LogP contribution in [0.1, 0.15) is 25.7 Å². The van der Waals surface area contributed by atoms with Crippen LogP contribution in [-0.4, -0.2) is 37.9 Å². The number of nitrogens with two attached hydrogens (primary N) is 1. The van der Waals surface area contributed by atoms with Gasteiger partial charge in [-0.2, -0.15) is 0 Å². The molecular formula is C10H18N2O4. The highest BCUT2D eigenvalue weighted by Gasteiger charge is 2.31. The van der Waals surface area contributed by atoms with Crippen molar-refractivity contribution in [2.45, 2.75) is 31.8 Å². The van der Waals surface area contributed by atoms with Gasteiger partial charge < -0.3 is 20.5 Å². The van der Waals surface area contributed by atoms with Gasteiger partial charge in [0, 0.05) is 6.54 Å². The van der Waals surface area contributed by atoms with Crippen LogP contribution in [0.15, 0.2) is 0 Å². The predicted molar refractivity (Wildman–Crippen MR) is 56.8 cm³/mol. The molecule has 3 N–H and O–H groups in total. The van der Waals surface area contributed by atoms with E-state index in [1.165, 1.54) is 0 Å². The third kappa shape index (κ3) is 4.48. The van der Waals surface area contributed by atoms with Crippen LogP contribution in [0.4, 0.5) is 4.79 Å². The minimum Gasteiger partial charge on any atom is -0.430 e. The lowest BCUT2D eigenvalue weighted by Gasteiger charge is -2.07. The molecule has 1 amide bonds. The Morgan fingerprint density at radius 2 is 2.12 bits per heavy atom. The maximum atomic E-state index is 11.4. The predicted octanol–water partition coefficient (Wildman–Crippen LogP) is 0.157. The molecule has 0 spiro atoms. The maximum absolute atomic E-state index is 11.4. The fourth-order valence-electron chi connectivity index (χ4n) is 1.41. The van der Waals surface area contributed by atoms with E-state index in [9.17, 15) is 9.59 Å². The molecule has 1 saturated heterocycles. The van der Waals surface area contributed by atoms with E-state index in [0.29, 0.717) is 13.1 Å². The van der Waals surface area contributed by atoms with Gasteiger partial charge in [0.1, 0.15) is 6.61 Å². The van der Waals surface area contributed by atoms with Crippen LogP contribution in [0.3, 0.4) is 0 Å². The Kier molecular flexibility index (Phi) is 5.63. The molecule has 1 fully saturated rings. The summed E-state index contributed by atoms with van der Waals surface area (Å²) in [5, 5.41) is 2.69. The Morgan fingerprint density at radius 1 is 1.38 bits per heavy atom. The molecule has 0 saturated carbocycles. The lowest BCUT2D eigenvalue weighted by Crippen LogP contribution is -2.36. The molecule has 0 bridgehead atoms.